The maximum absolute atomic E-state index is 12.9. The minimum Gasteiger partial charge on any atom is -0.493 e. The van der Waals surface area contributed by atoms with Crippen molar-refractivity contribution in [2.75, 3.05) is 13.7 Å². The van der Waals surface area contributed by atoms with Gasteiger partial charge in [0.05, 0.1) is 20.1 Å². The van der Waals surface area contributed by atoms with Crippen LogP contribution in [0.15, 0.2) is 54.2 Å². The van der Waals surface area contributed by atoms with Gasteiger partial charge in [-0.2, -0.15) is 5.26 Å². The van der Waals surface area contributed by atoms with Gasteiger partial charge in [-0.05, 0) is 29.8 Å². The smallest absolute Gasteiger partial charge is 0.306 e. The molecule has 0 saturated carbocycles. The minimum absolute atomic E-state index is 0.00335. The van der Waals surface area contributed by atoms with Crippen molar-refractivity contribution >= 4 is 28.7 Å². The first-order chi connectivity index (χ1) is 14.0. The summed E-state index contributed by atoms with van der Waals surface area (Å²) in [4.78, 5) is 26.5. The van der Waals surface area contributed by atoms with Gasteiger partial charge in [0.25, 0.3) is 0 Å². The van der Waals surface area contributed by atoms with E-state index in [1.54, 1.807) is 24.4 Å². The van der Waals surface area contributed by atoms with Crippen LogP contribution in [0, 0.1) is 11.3 Å². The van der Waals surface area contributed by atoms with E-state index in [9.17, 15) is 14.9 Å². The van der Waals surface area contributed by atoms with Gasteiger partial charge in [-0.3, -0.25) is 9.59 Å². The maximum atomic E-state index is 12.9. The van der Waals surface area contributed by atoms with Gasteiger partial charge < -0.3 is 19.6 Å². The highest BCUT2D eigenvalue weighted by Gasteiger charge is 2.17. The first-order valence-electron chi connectivity index (χ1n) is 8.78. The molecule has 1 aromatic heterocycles. The van der Waals surface area contributed by atoms with Crippen LogP contribution in [-0.2, 0) is 4.79 Å². The highest BCUT2D eigenvalue weighted by molar-refractivity contribution is 6.19. The molecular weight excluding hydrogens is 372 g/mol. The minimum atomic E-state index is -0.960. The maximum Gasteiger partial charge on any atom is 0.306 e. The standard InChI is InChI=1S/C22H18N2O5/c1-28-20-11-14(6-7-19(20)29-9-8-21(25)26)10-15(12-23)22(27)17-13-24-18-5-3-2-4-16(17)18/h2-7,10-11,13,24H,8-9H2,1H3,(H,25,26). The van der Waals surface area contributed by atoms with Crippen molar-refractivity contribution in [1.82, 2.24) is 4.98 Å². The molecule has 0 aliphatic heterocycles. The quantitative estimate of drug-likeness (QED) is 0.343. The predicted molar refractivity (Wildman–Crippen MR) is 107 cm³/mol. The number of aromatic nitrogens is 1. The Morgan fingerprint density at radius 3 is 2.72 bits per heavy atom. The third kappa shape index (κ3) is 4.45. The Labute approximate surface area is 166 Å². The number of ether oxygens (including phenoxy) is 2. The van der Waals surface area contributed by atoms with Gasteiger partial charge in [0.1, 0.15) is 11.6 Å². The monoisotopic (exact) mass is 390 g/mol. The van der Waals surface area contributed by atoms with E-state index in [1.807, 2.05) is 30.3 Å². The number of carbonyl (C=O) groups is 2. The second kappa shape index (κ2) is 8.76. The topological polar surface area (TPSA) is 112 Å². The predicted octanol–water partition coefficient (Wildman–Crippen LogP) is 3.82. The number of methoxy groups -OCH3 is 1. The van der Waals surface area contributed by atoms with Crippen LogP contribution in [0.25, 0.3) is 17.0 Å². The molecule has 0 radical (unpaired) electrons. The van der Waals surface area contributed by atoms with Crippen molar-refractivity contribution in [1.29, 1.82) is 5.26 Å². The fourth-order valence-electron chi connectivity index (χ4n) is 2.86. The molecule has 3 rings (SSSR count). The van der Waals surface area contributed by atoms with Gasteiger partial charge in [-0.25, -0.2) is 0 Å². The second-order valence-corrected chi connectivity index (χ2v) is 6.15. The Balaban J connectivity index is 1.87. The zero-order chi connectivity index (χ0) is 20.8. The Hall–Kier alpha value is -4.05. The zero-order valence-electron chi connectivity index (χ0n) is 15.6. The fourth-order valence-corrected chi connectivity index (χ4v) is 2.86. The number of nitrogens with one attached hydrogen (secondary N) is 1. The van der Waals surface area contributed by atoms with Gasteiger partial charge in [-0.1, -0.05) is 24.3 Å². The molecule has 7 heteroatoms. The molecule has 0 aliphatic carbocycles. The molecule has 0 atom stereocenters. The largest absolute Gasteiger partial charge is 0.493 e. The fraction of sp³-hybridized carbons (Fsp3) is 0.136. The molecule has 2 aromatic carbocycles. The van der Waals surface area contributed by atoms with Crippen LogP contribution < -0.4 is 9.47 Å². The van der Waals surface area contributed by atoms with Crippen LogP contribution in [0.1, 0.15) is 22.3 Å². The molecule has 0 bridgehead atoms. The molecule has 0 saturated heterocycles. The third-order valence-corrected chi connectivity index (χ3v) is 4.27. The highest BCUT2D eigenvalue weighted by atomic mass is 16.5. The molecular formula is C22H18N2O5. The van der Waals surface area contributed by atoms with Crippen LogP contribution in [0.4, 0.5) is 0 Å². The molecule has 3 aromatic rings. The molecule has 1 heterocycles. The van der Waals surface area contributed by atoms with E-state index in [1.165, 1.54) is 13.2 Å². The summed E-state index contributed by atoms with van der Waals surface area (Å²) in [6.45, 7) is 0.00335. The lowest BCUT2D eigenvalue weighted by Gasteiger charge is -2.10. The average Bonchev–Trinajstić information content (AvgIpc) is 3.16. The van der Waals surface area contributed by atoms with Gasteiger partial charge in [-0.15, -0.1) is 0 Å². The Morgan fingerprint density at radius 1 is 1.21 bits per heavy atom. The summed E-state index contributed by atoms with van der Waals surface area (Å²) in [5.74, 6) is -0.586. The third-order valence-electron chi connectivity index (χ3n) is 4.27. The first kappa shape index (κ1) is 19.7. The second-order valence-electron chi connectivity index (χ2n) is 6.15. The van der Waals surface area contributed by atoms with E-state index in [-0.39, 0.29) is 24.4 Å². The summed E-state index contributed by atoms with van der Waals surface area (Å²) in [7, 11) is 1.45. The van der Waals surface area contributed by atoms with Gasteiger partial charge in [0, 0.05) is 22.7 Å². The molecule has 0 aliphatic rings. The number of aromatic amines is 1. The summed E-state index contributed by atoms with van der Waals surface area (Å²) in [5, 5.41) is 19.0. The number of H-pyrrole nitrogens is 1. The van der Waals surface area contributed by atoms with E-state index in [0.717, 1.165) is 10.9 Å². The van der Waals surface area contributed by atoms with E-state index < -0.39 is 5.97 Å². The van der Waals surface area contributed by atoms with Crippen LogP contribution in [0.5, 0.6) is 11.5 Å². The average molecular weight is 390 g/mol. The van der Waals surface area contributed by atoms with Crippen LogP contribution in [0.2, 0.25) is 0 Å². The number of carbonyl (C=O) groups excluding carboxylic acids is 1. The van der Waals surface area contributed by atoms with Crippen molar-refractivity contribution in [3.8, 4) is 17.6 Å². The number of rotatable bonds is 8. The molecule has 0 unspecified atom stereocenters. The summed E-state index contributed by atoms with van der Waals surface area (Å²) < 4.78 is 10.7. The molecule has 7 nitrogen and oxygen atoms in total. The van der Waals surface area contributed by atoms with Crippen molar-refractivity contribution in [2.45, 2.75) is 6.42 Å². The summed E-state index contributed by atoms with van der Waals surface area (Å²) >= 11 is 0. The molecule has 146 valence electrons. The number of hydrogen-bond donors (Lipinski definition) is 2. The van der Waals surface area contributed by atoms with Crippen LogP contribution >= 0.6 is 0 Å². The Morgan fingerprint density at radius 2 is 2.00 bits per heavy atom. The number of carboxylic acids is 1. The number of nitrogens with zero attached hydrogens (tertiary/aromatic N) is 1. The summed E-state index contributed by atoms with van der Waals surface area (Å²) in [6, 6.07) is 14.2. The number of hydrogen-bond acceptors (Lipinski definition) is 5. The van der Waals surface area contributed by atoms with Crippen molar-refractivity contribution in [3.05, 3.63) is 65.4 Å². The number of fused-ring (bicyclic) bond motifs is 1. The van der Waals surface area contributed by atoms with E-state index in [2.05, 4.69) is 4.98 Å². The zero-order valence-corrected chi connectivity index (χ0v) is 15.6. The van der Waals surface area contributed by atoms with E-state index in [0.29, 0.717) is 22.6 Å². The van der Waals surface area contributed by atoms with Crippen LogP contribution in [0.3, 0.4) is 0 Å². The number of para-hydroxylation sites is 1. The number of benzene rings is 2. The summed E-state index contributed by atoms with van der Waals surface area (Å²) in [6.07, 6.45) is 2.94. The molecule has 29 heavy (non-hydrogen) atoms. The lowest BCUT2D eigenvalue weighted by Crippen LogP contribution is -2.05. The van der Waals surface area contributed by atoms with Crippen LogP contribution in [-0.4, -0.2) is 35.6 Å². The first-order valence-corrected chi connectivity index (χ1v) is 8.78. The van der Waals surface area contributed by atoms with Crippen molar-refractivity contribution in [2.24, 2.45) is 0 Å². The van der Waals surface area contributed by atoms with E-state index >= 15 is 0 Å². The molecule has 2 N–H and O–H groups in total. The SMILES string of the molecule is COc1cc(C=C(C#N)C(=O)c2c[nH]c3ccccc23)ccc1OCCC(=O)O. The lowest BCUT2D eigenvalue weighted by molar-refractivity contribution is -0.137. The highest BCUT2D eigenvalue weighted by Crippen LogP contribution is 2.29. The number of nitriles is 1. The molecule has 0 amide bonds. The van der Waals surface area contributed by atoms with E-state index in [4.69, 9.17) is 14.6 Å². The van der Waals surface area contributed by atoms with Gasteiger partial charge >= 0.3 is 5.97 Å². The number of Topliss-reactive ketones (excluding diaryl/α,β-unsaturated/α-hetero) is 1. The summed E-state index contributed by atoms with van der Waals surface area (Å²) in [5.41, 5.74) is 1.81. The van der Waals surface area contributed by atoms with Crippen molar-refractivity contribution < 1.29 is 24.2 Å². The molecule has 0 fully saturated rings. The Kier molecular flexibility index (Phi) is 5.95. The lowest BCUT2D eigenvalue weighted by atomic mass is 10.0. The number of allylic oxidation sites excluding steroid dienone is 1. The van der Waals surface area contributed by atoms with Gasteiger partial charge in [0.2, 0.25) is 5.78 Å². The normalized spacial score (nSPS) is 11.1. The number of ketones is 1. The Bertz CT molecular complexity index is 1140. The van der Waals surface area contributed by atoms with Gasteiger partial charge in [0.15, 0.2) is 11.5 Å². The number of carboxylic acid groups (broad SMARTS) is 1. The number of aliphatic carboxylic acids is 1. The van der Waals surface area contributed by atoms with Crippen molar-refractivity contribution in [3.63, 3.8) is 0 Å². The molecule has 0 spiro atoms.